The largest absolute Gasteiger partial charge is 0.465 e. The summed E-state index contributed by atoms with van der Waals surface area (Å²) < 4.78 is 20.5. The van der Waals surface area contributed by atoms with Gasteiger partial charge in [-0.05, 0) is 99.4 Å². The van der Waals surface area contributed by atoms with Crippen LogP contribution < -0.4 is 10.6 Å². The van der Waals surface area contributed by atoms with Crippen LogP contribution in [0.25, 0.3) is 0 Å². The van der Waals surface area contributed by atoms with Crippen molar-refractivity contribution in [3.8, 4) is 0 Å². The summed E-state index contributed by atoms with van der Waals surface area (Å²) in [5, 5.41) is 54.9. The topological polar surface area (TPSA) is 175 Å². The lowest BCUT2D eigenvalue weighted by atomic mass is 9.72. The fourth-order valence-electron chi connectivity index (χ4n) is 9.04. The number of rotatable bonds is 16. The monoisotopic (exact) mass is 796 g/mol. The molecule has 1 aliphatic carbocycles. The first-order valence-electron chi connectivity index (χ1n) is 20.8. The molecule has 12 nitrogen and oxygen atoms in total. The van der Waals surface area contributed by atoms with E-state index in [1.807, 2.05) is 0 Å². The molecule has 55 heavy (non-hydrogen) atoms. The van der Waals surface area contributed by atoms with Gasteiger partial charge in [-0.15, -0.1) is 11.6 Å². The fraction of sp³-hybridized carbons (Fsp3) is 0.805. The van der Waals surface area contributed by atoms with Crippen LogP contribution >= 0.6 is 11.6 Å². The molecule has 1 aromatic carbocycles. The number of carbonyl (C=O) groups is 2. The number of aliphatic hydroxyl groups excluding tert-OH is 5. The van der Waals surface area contributed by atoms with Crippen LogP contribution in [0.15, 0.2) is 18.2 Å². The summed E-state index contributed by atoms with van der Waals surface area (Å²) in [5.41, 5.74) is 1.22. The maximum atomic E-state index is 15.0. The van der Waals surface area contributed by atoms with E-state index in [0.717, 1.165) is 45.3 Å². The fourth-order valence-corrected chi connectivity index (χ4v) is 9.24. The summed E-state index contributed by atoms with van der Waals surface area (Å²) >= 11 is 6.78. The van der Waals surface area contributed by atoms with E-state index >= 15 is 0 Å². The molecule has 7 N–H and O–H groups in total. The number of ether oxygens (including phenoxy) is 1. The highest BCUT2D eigenvalue weighted by molar-refractivity contribution is 6.20. The highest BCUT2D eigenvalue weighted by atomic mass is 35.5. The minimum absolute atomic E-state index is 0.0342. The van der Waals surface area contributed by atoms with Gasteiger partial charge in [0.1, 0.15) is 24.1 Å². The van der Waals surface area contributed by atoms with E-state index in [-0.39, 0.29) is 48.1 Å². The van der Waals surface area contributed by atoms with Crippen LogP contribution in [0.4, 0.5) is 4.39 Å². The Morgan fingerprint density at radius 2 is 1.62 bits per heavy atom. The number of likely N-dealkylation sites (tertiary alicyclic amines) is 2. The summed E-state index contributed by atoms with van der Waals surface area (Å²) in [6.45, 7) is 3.82. The first-order valence-corrected chi connectivity index (χ1v) is 21.2. The van der Waals surface area contributed by atoms with E-state index in [2.05, 4.69) is 15.5 Å². The number of alkyl halides is 1. The molecule has 6 atom stereocenters. The second kappa shape index (κ2) is 21.7. The first-order chi connectivity index (χ1) is 26.4. The molecule has 4 aliphatic rings. The number of nitrogens with one attached hydrogen (secondary N) is 2. The maximum absolute atomic E-state index is 15.0. The molecular weight excluding hydrogens is 731 g/mol. The van der Waals surface area contributed by atoms with Crippen LogP contribution in [0, 0.1) is 23.1 Å². The van der Waals surface area contributed by atoms with Gasteiger partial charge < -0.3 is 45.8 Å². The van der Waals surface area contributed by atoms with E-state index in [1.54, 1.807) is 17.0 Å². The predicted molar refractivity (Wildman–Crippen MR) is 208 cm³/mol. The van der Waals surface area contributed by atoms with Crippen molar-refractivity contribution < 1.29 is 44.2 Å². The minimum atomic E-state index is -1.69. The zero-order valence-corrected chi connectivity index (χ0v) is 33.2. The summed E-state index contributed by atoms with van der Waals surface area (Å²) in [5.74, 6) is -0.538. The zero-order valence-electron chi connectivity index (χ0n) is 32.4. The lowest BCUT2D eigenvalue weighted by Gasteiger charge is -2.40. The van der Waals surface area contributed by atoms with Gasteiger partial charge in [0.2, 0.25) is 5.91 Å². The number of halogens is 2. The molecule has 3 heterocycles. The molecule has 1 amide bonds. The second-order valence-corrected chi connectivity index (χ2v) is 17.5. The first kappa shape index (κ1) is 44.2. The molecule has 3 saturated heterocycles. The molecular formula is C41H66ClFN4O8. The van der Waals surface area contributed by atoms with Crippen molar-refractivity contribution in [1.82, 2.24) is 20.4 Å². The van der Waals surface area contributed by atoms with E-state index in [1.165, 1.54) is 63.9 Å². The lowest BCUT2D eigenvalue weighted by Crippen LogP contribution is -2.55. The zero-order chi connectivity index (χ0) is 39.4. The van der Waals surface area contributed by atoms with Crippen molar-refractivity contribution in [3.05, 3.63) is 35.1 Å². The summed E-state index contributed by atoms with van der Waals surface area (Å²) in [6, 6.07) is 4.51. The molecule has 1 spiro atoms. The quantitative estimate of drug-likeness (QED) is 0.0968. The van der Waals surface area contributed by atoms with Crippen molar-refractivity contribution in [2.75, 3.05) is 59.0 Å². The third-order valence-corrected chi connectivity index (χ3v) is 13.2. The van der Waals surface area contributed by atoms with Gasteiger partial charge in [0.15, 0.2) is 0 Å². The third-order valence-electron chi connectivity index (χ3n) is 12.8. The molecule has 0 aromatic heterocycles. The van der Waals surface area contributed by atoms with Gasteiger partial charge in [-0.1, -0.05) is 37.8 Å². The molecule has 2 unspecified atom stereocenters. The van der Waals surface area contributed by atoms with Gasteiger partial charge in [-0.3, -0.25) is 14.5 Å². The number of hydrogen-bond donors (Lipinski definition) is 7. The SMILES string of the molecule is O=C(Cc1ccc(CC(=O)N2CC(CNC[C@H](O)[C@@H](O)[C@H](O)[C@H](O)CO)C2)c(F)c1)OCCC1CCN(C2CCC3(CCCCCC3)CCC(Cl)CN2)CC1. The predicted octanol–water partition coefficient (Wildman–Crippen LogP) is 2.48. The number of esters is 1. The highest BCUT2D eigenvalue weighted by Gasteiger charge is 2.36. The normalized spacial score (nSPS) is 25.5. The van der Waals surface area contributed by atoms with Crippen molar-refractivity contribution in [3.63, 3.8) is 0 Å². The number of benzene rings is 1. The Kier molecular flexibility index (Phi) is 17.4. The number of aliphatic hydroxyl groups is 5. The Hall–Kier alpha value is -1.94. The summed E-state index contributed by atoms with van der Waals surface area (Å²) in [4.78, 5) is 29.6. The van der Waals surface area contributed by atoms with Crippen LogP contribution in [0.5, 0.6) is 0 Å². The second-order valence-electron chi connectivity index (χ2n) is 16.9. The Balaban J connectivity index is 0.952. The number of nitrogens with zero attached hydrogens (tertiary/aromatic N) is 2. The van der Waals surface area contributed by atoms with Crippen molar-refractivity contribution in [2.24, 2.45) is 17.3 Å². The van der Waals surface area contributed by atoms with E-state index in [9.17, 15) is 34.4 Å². The number of amides is 1. The van der Waals surface area contributed by atoms with E-state index in [4.69, 9.17) is 21.4 Å². The van der Waals surface area contributed by atoms with Crippen LogP contribution in [-0.2, 0) is 27.2 Å². The van der Waals surface area contributed by atoms with Gasteiger partial charge >= 0.3 is 5.97 Å². The summed E-state index contributed by atoms with van der Waals surface area (Å²) in [6.07, 6.45) is 9.94. The maximum Gasteiger partial charge on any atom is 0.310 e. The third kappa shape index (κ3) is 13.3. The molecule has 1 aromatic rings. The molecule has 4 fully saturated rings. The molecule has 0 bridgehead atoms. The highest BCUT2D eigenvalue weighted by Crippen LogP contribution is 2.44. The molecule has 0 radical (unpaired) electrons. The molecule has 312 valence electrons. The van der Waals surface area contributed by atoms with Gasteiger partial charge in [0, 0.05) is 44.0 Å². The number of carbonyl (C=O) groups excluding carboxylic acids is 2. The van der Waals surface area contributed by atoms with E-state index in [0.29, 0.717) is 49.3 Å². The van der Waals surface area contributed by atoms with E-state index < -0.39 is 36.8 Å². The summed E-state index contributed by atoms with van der Waals surface area (Å²) in [7, 11) is 0. The Labute approximate surface area is 331 Å². The number of hydrogen-bond acceptors (Lipinski definition) is 11. The Morgan fingerprint density at radius 1 is 0.927 bits per heavy atom. The van der Waals surface area contributed by atoms with Gasteiger partial charge in [-0.25, -0.2) is 4.39 Å². The average Bonchev–Trinajstić information content (AvgIpc) is 3.36. The van der Waals surface area contributed by atoms with Crippen LogP contribution in [0.1, 0.15) is 94.6 Å². The van der Waals surface area contributed by atoms with Gasteiger partial charge in [-0.2, -0.15) is 0 Å². The molecule has 1 saturated carbocycles. The van der Waals surface area contributed by atoms with Gasteiger partial charge in [0.25, 0.3) is 0 Å². The number of piperidine rings is 1. The molecule has 3 aliphatic heterocycles. The molecule has 14 heteroatoms. The van der Waals surface area contributed by atoms with Crippen molar-refractivity contribution in [2.45, 2.75) is 132 Å². The smallest absolute Gasteiger partial charge is 0.310 e. The van der Waals surface area contributed by atoms with Gasteiger partial charge in [0.05, 0.1) is 38.3 Å². The Morgan fingerprint density at radius 3 is 2.31 bits per heavy atom. The lowest BCUT2D eigenvalue weighted by molar-refractivity contribution is -0.143. The average molecular weight is 797 g/mol. The molecule has 5 rings (SSSR count). The van der Waals surface area contributed by atoms with Crippen LogP contribution in [0.2, 0.25) is 0 Å². The Bertz CT molecular complexity index is 1340. The van der Waals surface area contributed by atoms with Crippen LogP contribution in [0.3, 0.4) is 0 Å². The minimum Gasteiger partial charge on any atom is -0.465 e. The van der Waals surface area contributed by atoms with Crippen molar-refractivity contribution in [1.29, 1.82) is 0 Å². The van der Waals surface area contributed by atoms with Crippen LogP contribution in [-0.4, -0.2) is 142 Å². The standard InChI is InChI=1S/C41H66ClFN4O8/c42-32-7-14-41(12-3-1-2-4-13-41)15-8-36(45-23-32)46-16-9-28(10-17-46)11-18-55-38(52)20-29-5-6-31(33(43)19-29)21-37(51)47-25-30(26-47)22-44-24-34(49)39(53)40(54)35(50)27-48/h5-6,19,28,30,32,34-36,39-40,44-45,48-50,53-54H,1-4,7-18,20-27H2/t32?,34-,35+,36?,39+,40+/m0/s1. The van der Waals surface area contributed by atoms with Crippen molar-refractivity contribution >= 4 is 23.5 Å².